The quantitative estimate of drug-likeness (QED) is 0.192. The highest BCUT2D eigenvalue weighted by atomic mass is 15.1. The highest BCUT2D eigenvalue weighted by molar-refractivity contribution is 5.88. The average Bonchev–Trinajstić information content (AvgIpc) is 3.42. The van der Waals surface area contributed by atoms with Gasteiger partial charge in [-0.15, -0.1) is 0 Å². The lowest BCUT2D eigenvalue weighted by atomic mass is 10.0. The van der Waals surface area contributed by atoms with Gasteiger partial charge in [0.25, 0.3) is 0 Å². The van der Waals surface area contributed by atoms with Crippen LogP contribution in [-0.4, -0.2) is 4.40 Å². The van der Waals surface area contributed by atoms with Crippen molar-refractivity contribution >= 4 is 28.2 Å². The Morgan fingerprint density at radius 2 is 1.20 bits per heavy atom. The first-order valence-corrected chi connectivity index (χ1v) is 13.8. The summed E-state index contributed by atoms with van der Waals surface area (Å²) in [6.45, 7) is 4.14. The SMILES string of the molecule is C/C=C\C(=C/C)c1ccc(N(c2ccccc2)c2ccc(-c3c(-c4ccccc4)cc4ccccn34)cc2)cc1. The Kier molecular flexibility index (Phi) is 7.15. The highest BCUT2D eigenvalue weighted by Gasteiger charge is 2.16. The van der Waals surface area contributed by atoms with E-state index in [4.69, 9.17) is 0 Å². The number of hydrogen-bond acceptors (Lipinski definition) is 1. The molecule has 0 spiro atoms. The smallest absolute Gasteiger partial charge is 0.0607 e. The predicted molar refractivity (Wildman–Crippen MR) is 171 cm³/mol. The van der Waals surface area contributed by atoms with E-state index in [0.717, 1.165) is 17.1 Å². The Labute approximate surface area is 236 Å². The number of benzene rings is 4. The van der Waals surface area contributed by atoms with Crippen LogP contribution in [0.25, 0.3) is 33.5 Å². The van der Waals surface area contributed by atoms with Crippen molar-refractivity contribution in [1.29, 1.82) is 0 Å². The Bertz CT molecular complexity index is 1770. The summed E-state index contributed by atoms with van der Waals surface area (Å²) >= 11 is 0. The van der Waals surface area contributed by atoms with Crippen molar-refractivity contribution in [2.45, 2.75) is 13.8 Å². The number of anilines is 3. The van der Waals surface area contributed by atoms with Crippen LogP contribution in [-0.2, 0) is 0 Å². The lowest BCUT2D eigenvalue weighted by Crippen LogP contribution is -2.09. The fourth-order valence-electron chi connectivity index (χ4n) is 5.39. The monoisotopic (exact) mass is 516 g/mol. The number of pyridine rings is 1. The first kappa shape index (κ1) is 25.2. The third-order valence-corrected chi connectivity index (χ3v) is 7.29. The topological polar surface area (TPSA) is 7.65 Å². The maximum Gasteiger partial charge on any atom is 0.0607 e. The zero-order chi connectivity index (χ0) is 27.3. The van der Waals surface area contributed by atoms with Gasteiger partial charge < -0.3 is 9.30 Å². The van der Waals surface area contributed by atoms with Gasteiger partial charge in [-0.25, -0.2) is 0 Å². The van der Waals surface area contributed by atoms with E-state index in [9.17, 15) is 0 Å². The number of allylic oxidation sites excluding steroid dienone is 4. The summed E-state index contributed by atoms with van der Waals surface area (Å²) in [5.74, 6) is 0. The van der Waals surface area contributed by atoms with Gasteiger partial charge in [-0.2, -0.15) is 0 Å². The molecule has 0 fully saturated rings. The fraction of sp³-hybridized carbons (Fsp3) is 0.0526. The van der Waals surface area contributed by atoms with Crippen LogP contribution in [0.1, 0.15) is 19.4 Å². The van der Waals surface area contributed by atoms with Crippen LogP contribution in [0.15, 0.2) is 158 Å². The minimum atomic E-state index is 1.12. The molecule has 0 aliphatic heterocycles. The molecule has 40 heavy (non-hydrogen) atoms. The summed E-state index contributed by atoms with van der Waals surface area (Å²) in [6.07, 6.45) is 8.53. The average molecular weight is 517 g/mol. The Morgan fingerprint density at radius 3 is 1.85 bits per heavy atom. The van der Waals surface area contributed by atoms with Crippen LogP contribution < -0.4 is 4.90 Å². The van der Waals surface area contributed by atoms with Crippen molar-refractivity contribution in [1.82, 2.24) is 4.40 Å². The summed E-state index contributed by atoms with van der Waals surface area (Å²) in [7, 11) is 0. The van der Waals surface area contributed by atoms with E-state index in [2.05, 4.69) is 181 Å². The molecule has 0 N–H and O–H groups in total. The van der Waals surface area contributed by atoms with E-state index in [1.807, 2.05) is 0 Å². The van der Waals surface area contributed by atoms with E-state index in [0.29, 0.717) is 0 Å². The van der Waals surface area contributed by atoms with E-state index in [1.54, 1.807) is 0 Å². The van der Waals surface area contributed by atoms with Gasteiger partial charge in [-0.1, -0.05) is 97.1 Å². The molecule has 6 aromatic rings. The van der Waals surface area contributed by atoms with Crippen LogP contribution in [0, 0.1) is 0 Å². The molecule has 0 saturated heterocycles. The van der Waals surface area contributed by atoms with Crippen LogP contribution in [0.2, 0.25) is 0 Å². The van der Waals surface area contributed by atoms with Gasteiger partial charge in [-0.05, 0) is 90.7 Å². The van der Waals surface area contributed by atoms with Crippen molar-refractivity contribution in [3.63, 3.8) is 0 Å². The molecule has 2 heterocycles. The summed E-state index contributed by atoms with van der Waals surface area (Å²) in [5.41, 5.74) is 11.8. The first-order valence-electron chi connectivity index (χ1n) is 13.8. The molecule has 0 radical (unpaired) electrons. The molecular weight excluding hydrogens is 484 g/mol. The Balaban J connectivity index is 1.43. The minimum absolute atomic E-state index is 1.12. The number of para-hydroxylation sites is 1. The maximum atomic E-state index is 2.31. The van der Waals surface area contributed by atoms with Crippen LogP contribution >= 0.6 is 0 Å². The molecule has 2 heteroatoms. The summed E-state index contributed by atoms with van der Waals surface area (Å²) < 4.78 is 2.29. The van der Waals surface area contributed by atoms with E-state index >= 15 is 0 Å². The lowest BCUT2D eigenvalue weighted by molar-refractivity contribution is 1.20. The van der Waals surface area contributed by atoms with Gasteiger partial charge in [0.2, 0.25) is 0 Å². The minimum Gasteiger partial charge on any atom is -0.316 e. The third kappa shape index (κ3) is 4.88. The first-order chi connectivity index (χ1) is 19.8. The third-order valence-electron chi connectivity index (χ3n) is 7.29. The van der Waals surface area contributed by atoms with Crippen LogP contribution in [0.3, 0.4) is 0 Å². The van der Waals surface area contributed by atoms with Crippen molar-refractivity contribution in [3.05, 3.63) is 163 Å². The van der Waals surface area contributed by atoms with Crippen LogP contribution in [0.5, 0.6) is 0 Å². The fourth-order valence-corrected chi connectivity index (χ4v) is 5.39. The summed E-state index contributed by atoms with van der Waals surface area (Å²) in [5, 5.41) is 0. The largest absolute Gasteiger partial charge is 0.316 e. The molecule has 0 amide bonds. The molecule has 0 atom stereocenters. The number of aromatic nitrogens is 1. The van der Waals surface area contributed by atoms with E-state index in [1.165, 1.54) is 39.0 Å². The zero-order valence-corrected chi connectivity index (χ0v) is 22.9. The van der Waals surface area contributed by atoms with Gasteiger partial charge in [0.1, 0.15) is 0 Å². The van der Waals surface area contributed by atoms with Gasteiger partial charge in [-0.3, -0.25) is 0 Å². The molecule has 4 aromatic carbocycles. The second-order valence-corrected chi connectivity index (χ2v) is 9.78. The van der Waals surface area contributed by atoms with Crippen molar-refractivity contribution < 1.29 is 0 Å². The van der Waals surface area contributed by atoms with Crippen molar-refractivity contribution in [2.75, 3.05) is 4.90 Å². The van der Waals surface area contributed by atoms with Gasteiger partial charge >= 0.3 is 0 Å². The second-order valence-electron chi connectivity index (χ2n) is 9.78. The molecule has 0 saturated carbocycles. The predicted octanol–water partition coefficient (Wildman–Crippen LogP) is 10.7. The zero-order valence-electron chi connectivity index (χ0n) is 22.9. The summed E-state index contributed by atoms with van der Waals surface area (Å²) in [4.78, 5) is 2.31. The van der Waals surface area contributed by atoms with Gasteiger partial charge in [0.05, 0.1) is 5.69 Å². The highest BCUT2D eigenvalue weighted by Crippen LogP contribution is 2.39. The standard InChI is InChI=1S/C38H32N2/c1-3-13-29(4-2)30-19-23-34(24-20-30)40(33-16-9-6-10-17-33)35-25-21-32(22-26-35)38-37(31-14-7-5-8-15-31)28-36-18-11-12-27-39(36)38/h3-28H,1-2H3/b13-3-,29-4+. The molecular formula is C38H32N2. The molecule has 194 valence electrons. The van der Waals surface area contributed by atoms with Gasteiger partial charge in [0, 0.05) is 34.3 Å². The maximum absolute atomic E-state index is 2.31. The summed E-state index contributed by atoms with van der Waals surface area (Å²) in [6, 6.07) is 47.6. The molecule has 0 aliphatic rings. The Hall–Kier alpha value is -5.08. The molecule has 2 nitrogen and oxygen atoms in total. The van der Waals surface area contributed by atoms with E-state index in [-0.39, 0.29) is 0 Å². The second kappa shape index (κ2) is 11.3. The molecule has 0 bridgehead atoms. The number of hydrogen-bond donors (Lipinski definition) is 0. The molecule has 6 rings (SSSR count). The Morgan fingerprint density at radius 1 is 0.600 bits per heavy atom. The number of nitrogens with zero attached hydrogens (tertiary/aromatic N) is 2. The van der Waals surface area contributed by atoms with E-state index < -0.39 is 0 Å². The number of rotatable bonds is 7. The molecule has 0 aliphatic carbocycles. The molecule has 0 unspecified atom stereocenters. The van der Waals surface area contributed by atoms with Crippen LogP contribution in [0.4, 0.5) is 17.1 Å². The normalized spacial score (nSPS) is 11.8. The number of fused-ring (bicyclic) bond motifs is 1. The van der Waals surface area contributed by atoms with Crippen molar-refractivity contribution in [3.8, 4) is 22.4 Å². The molecule has 2 aromatic heterocycles. The lowest BCUT2D eigenvalue weighted by Gasteiger charge is -2.26. The van der Waals surface area contributed by atoms with Gasteiger partial charge in [0.15, 0.2) is 0 Å². The van der Waals surface area contributed by atoms with Crippen molar-refractivity contribution in [2.24, 2.45) is 0 Å².